The number of carbonyl (C=O) groups is 1. The fourth-order valence-electron chi connectivity index (χ4n) is 3.67. The molecule has 0 unspecified atom stereocenters. The predicted octanol–water partition coefficient (Wildman–Crippen LogP) is 3.27. The Hall–Kier alpha value is -2.28. The van der Waals surface area contributed by atoms with Crippen LogP contribution < -0.4 is 15.0 Å². The van der Waals surface area contributed by atoms with Crippen molar-refractivity contribution < 1.29 is 18.7 Å². The van der Waals surface area contributed by atoms with Crippen LogP contribution in [0.5, 0.6) is 5.75 Å². The number of carbonyl (C=O) groups excluding carboxylic acids is 1. The van der Waals surface area contributed by atoms with Gasteiger partial charge in [0, 0.05) is 32.1 Å². The van der Waals surface area contributed by atoms with Crippen molar-refractivity contribution in [3.8, 4) is 5.75 Å². The second-order valence-corrected chi connectivity index (χ2v) is 7.92. The van der Waals surface area contributed by atoms with Gasteiger partial charge in [-0.3, -0.25) is 4.79 Å². The summed E-state index contributed by atoms with van der Waals surface area (Å²) < 4.78 is 17.9. The Balaban J connectivity index is 1.30. The van der Waals surface area contributed by atoms with Gasteiger partial charge in [0.05, 0.1) is 18.8 Å². The number of rotatable bonds is 7. The predicted molar refractivity (Wildman–Crippen MR) is 107 cm³/mol. The van der Waals surface area contributed by atoms with Crippen molar-refractivity contribution >= 4 is 23.0 Å². The number of piperidine rings is 1. The van der Waals surface area contributed by atoms with E-state index in [0.717, 1.165) is 55.6 Å². The quantitative estimate of drug-likeness (QED) is 0.786. The second-order valence-electron chi connectivity index (χ2n) is 7.92. The first-order chi connectivity index (χ1) is 13.6. The molecule has 28 heavy (non-hydrogen) atoms. The summed E-state index contributed by atoms with van der Waals surface area (Å²) in [6, 6.07) is 6.59. The van der Waals surface area contributed by atoms with Gasteiger partial charge in [0.2, 0.25) is 5.91 Å². The van der Waals surface area contributed by atoms with Gasteiger partial charge in [-0.15, -0.1) is 0 Å². The third kappa shape index (κ3) is 4.58. The molecule has 152 valence electrons. The average molecular weight is 387 g/mol. The number of nitrogens with zero attached hydrogens (tertiary/aromatic N) is 2. The zero-order valence-corrected chi connectivity index (χ0v) is 16.6. The van der Waals surface area contributed by atoms with Gasteiger partial charge in [0.15, 0.2) is 5.58 Å². The monoisotopic (exact) mass is 387 g/mol. The largest absolute Gasteiger partial charge is 0.490 e. The van der Waals surface area contributed by atoms with Crippen molar-refractivity contribution in [3.63, 3.8) is 0 Å². The summed E-state index contributed by atoms with van der Waals surface area (Å²) >= 11 is 0. The smallest absolute Gasteiger partial charge is 0.298 e. The molecule has 1 amide bonds. The standard InChI is InChI=1S/C21H29N3O4/c1-14(22-15(2)25)13-26-16-8-10-24(11-9-16)21-23-19-7-6-18(12-20(19)28-21)27-17-4-3-5-17/h6-7,12,14,16-17H,3-5,8-11,13H2,1-2H3,(H,22,25)/t14-/m0/s1. The second kappa shape index (κ2) is 8.39. The molecule has 0 bridgehead atoms. The lowest BCUT2D eigenvalue weighted by molar-refractivity contribution is -0.120. The van der Waals surface area contributed by atoms with Crippen LogP contribution >= 0.6 is 0 Å². The van der Waals surface area contributed by atoms with E-state index in [9.17, 15) is 4.79 Å². The van der Waals surface area contributed by atoms with E-state index in [-0.39, 0.29) is 18.1 Å². The van der Waals surface area contributed by atoms with Crippen LogP contribution in [0.25, 0.3) is 11.1 Å². The normalized spacial score (nSPS) is 19.4. The minimum Gasteiger partial charge on any atom is -0.490 e. The number of anilines is 1. The van der Waals surface area contributed by atoms with Crippen molar-refractivity contribution in [1.82, 2.24) is 10.3 Å². The van der Waals surface area contributed by atoms with Crippen LogP contribution in [-0.2, 0) is 9.53 Å². The summed E-state index contributed by atoms with van der Waals surface area (Å²) in [5.74, 6) is 0.837. The summed E-state index contributed by atoms with van der Waals surface area (Å²) in [4.78, 5) is 17.9. The first-order valence-corrected chi connectivity index (χ1v) is 10.3. The van der Waals surface area contributed by atoms with E-state index in [1.54, 1.807) is 0 Å². The first-order valence-electron chi connectivity index (χ1n) is 10.3. The third-order valence-electron chi connectivity index (χ3n) is 5.45. The lowest BCUT2D eigenvalue weighted by Gasteiger charge is -2.31. The van der Waals surface area contributed by atoms with Gasteiger partial charge in [0.25, 0.3) is 6.01 Å². The van der Waals surface area contributed by atoms with Crippen LogP contribution in [0.1, 0.15) is 46.0 Å². The Bertz CT molecular complexity index is 809. The summed E-state index contributed by atoms with van der Waals surface area (Å²) in [6.07, 6.45) is 5.93. The minimum atomic E-state index is -0.0249. The highest BCUT2D eigenvalue weighted by molar-refractivity contribution is 5.76. The molecule has 1 saturated heterocycles. The SMILES string of the molecule is CC(=O)N[C@@H](C)COC1CCN(c2nc3ccc(OC4CCC4)cc3o2)CC1. The summed E-state index contributed by atoms with van der Waals surface area (Å²) in [5, 5.41) is 2.85. The Kier molecular flexibility index (Phi) is 5.71. The van der Waals surface area contributed by atoms with E-state index in [0.29, 0.717) is 18.7 Å². The average Bonchev–Trinajstić information content (AvgIpc) is 3.06. The molecule has 7 nitrogen and oxygen atoms in total. The number of ether oxygens (including phenoxy) is 2. The Morgan fingerprint density at radius 2 is 2.07 bits per heavy atom. The van der Waals surface area contributed by atoms with Gasteiger partial charge in [-0.25, -0.2) is 0 Å². The molecular formula is C21H29N3O4. The summed E-state index contributed by atoms with van der Waals surface area (Å²) in [5.41, 5.74) is 1.63. The molecule has 4 rings (SSSR count). The lowest BCUT2D eigenvalue weighted by atomic mass is 9.96. The highest BCUT2D eigenvalue weighted by atomic mass is 16.5. The van der Waals surface area contributed by atoms with Crippen LogP contribution in [0.4, 0.5) is 6.01 Å². The molecule has 0 radical (unpaired) electrons. The fourth-order valence-corrected chi connectivity index (χ4v) is 3.67. The van der Waals surface area contributed by atoms with Crippen LogP contribution in [0, 0.1) is 0 Å². The molecule has 2 aromatic rings. The molecule has 2 heterocycles. The molecule has 1 atom stereocenters. The number of aromatic nitrogens is 1. The van der Waals surface area contributed by atoms with Gasteiger partial charge in [-0.2, -0.15) is 4.98 Å². The third-order valence-corrected chi connectivity index (χ3v) is 5.45. The Morgan fingerprint density at radius 1 is 1.29 bits per heavy atom. The zero-order valence-electron chi connectivity index (χ0n) is 16.6. The van der Waals surface area contributed by atoms with E-state index >= 15 is 0 Å². The molecule has 1 aromatic carbocycles. The molecule has 0 spiro atoms. The van der Waals surface area contributed by atoms with Crippen molar-refractivity contribution in [2.75, 3.05) is 24.6 Å². The van der Waals surface area contributed by atoms with Crippen LogP contribution in [0.3, 0.4) is 0 Å². The van der Waals surface area contributed by atoms with Crippen molar-refractivity contribution in [2.45, 2.75) is 64.2 Å². The summed E-state index contributed by atoms with van der Waals surface area (Å²) in [7, 11) is 0. The number of hydrogen-bond donors (Lipinski definition) is 1. The van der Waals surface area contributed by atoms with Crippen molar-refractivity contribution in [3.05, 3.63) is 18.2 Å². The van der Waals surface area contributed by atoms with Crippen molar-refractivity contribution in [1.29, 1.82) is 0 Å². The molecule has 1 N–H and O–H groups in total. The maximum absolute atomic E-state index is 11.1. The molecule has 2 fully saturated rings. The number of nitrogens with one attached hydrogen (secondary N) is 1. The van der Waals surface area contributed by atoms with E-state index < -0.39 is 0 Å². The maximum Gasteiger partial charge on any atom is 0.298 e. The molecule has 1 aliphatic heterocycles. The van der Waals surface area contributed by atoms with Gasteiger partial charge in [-0.05, 0) is 51.2 Å². The lowest BCUT2D eigenvalue weighted by Crippen LogP contribution is -2.40. The number of hydrogen-bond acceptors (Lipinski definition) is 6. The van der Waals surface area contributed by atoms with E-state index in [1.807, 2.05) is 25.1 Å². The zero-order chi connectivity index (χ0) is 19.5. The van der Waals surface area contributed by atoms with Crippen LogP contribution in [-0.4, -0.2) is 48.8 Å². The number of benzene rings is 1. The van der Waals surface area contributed by atoms with E-state index in [1.165, 1.54) is 13.3 Å². The van der Waals surface area contributed by atoms with Gasteiger partial charge in [0.1, 0.15) is 11.3 Å². The molecule has 1 aliphatic carbocycles. The van der Waals surface area contributed by atoms with Crippen LogP contribution in [0.15, 0.2) is 22.6 Å². The van der Waals surface area contributed by atoms with Crippen molar-refractivity contribution in [2.24, 2.45) is 0 Å². The fraction of sp³-hybridized carbons (Fsp3) is 0.619. The van der Waals surface area contributed by atoms with Gasteiger partial charge < -0.3 is 24.1 Å². The number of oxazole rings is 1. The highest BCUT2D eigenvalue weighted by Gasteiger charge is 2.24. The maximum atomic E-state index is 11.1. The van der Waals surface area contributed by atoms with E-state index in [2.05, 4.69) is 15.2 Å². The minimum absolute atomic E-state index is 0.0249. The molecule has 1 aromatic heterocycles. The van der Waals surface area contributed by atoms with Gasteiger partial charge in [-0.1, -0.05) is 0 Å². The summed E-state index contributed by atoms with van der Waals surface area (Å²) in [6.45, 7) is 5.71. The van der Waals surface area contributed by atoms with Gasteiger partial charge >= 0.3 is 0 Å². The topological polar surface area (TPSA) is 76.8 Å². The number of amides is 1. The van der Waals surface area contributed by atoms with Crippen LogP contribution in [0.2, 0.25) is 0 Å². The Labute approximate surface area is 165 Å². The molecular weight excluding hydrogens is 358 g/mol. The Morgan fingerprint density at radius 3 is 2.75 bits per heavy atom. The highest BCUT2D eigenvalue weighted by Crippen LogP contribution is 2.30. The molecule has 2 aliphatic rings. The van der Waals surface area contributed by atoms with E-state index in [4.69, 9.17) is 13.9 Å². The first kappa shape index (κ1) is 19.1. The molecule has 1 saturated carbocycles. The number of fused-ring (bicyclic) bond motifs is 1. The molecule has 7 heteroatoms.